The molecule has 2 saturated heterocycles. The SMILES string of the molecule is CCCOP(=O)(OC[C@H]1O[C@@H](n2cnc3c(=O)[nH]c(NC(=O)CCCN(C)C(=O)OCC4c5ccccc5-c5ccccc54)nc32)CC1OC(=O)CCC(C)=O)OC1C[C@H](n2cnc3c(NC(=O)c4ccc(CNC(=O)COC(=O)CCCN(C)C(=O)OCC5c6ccccc6-c6ccccc65)cc4)ncnc32)O[C@@H]1COC(c1ccccc1)(c1ccc(OC)cc1)c1ccc(OC)cc1. The highest BCUT2D eigenvalue weighted by atomic mass is 31.2. The third-order valence-corrected chi connectivity index (χ3v) is 25.6. The van der Waals surface area contributed by atoms with Gasteiger partial charge in [0.2, 0.25) is 11.9 Å². The van der Waals surface area contributed by atoms with Gasteiger partial charge in [-0.3, -0.25) is 61.8 Å². The Hall–Kier alpha value is -14.2. The van der Waals surface area contributed by atoms with Crippen LogP contribution in [0.1, 0.15) is 151 Å². The minimum atomic E-state index is -4.87. The molecule has 700 valence electrons. The number of aromatic amines is 1. The molecule has 4 aromatic heterocycles. The van der Waals surface area contributed by atoms with Crippen LogP contribution in [-0.4, -0.2) is 202 Å². The van der Waals surface area contributed by atoms with Gasteiger partial charge < -0.3 is 67.9 Å². The number of hydrogen-bond donors (Lipinski definition) is 4. The number of carbonyl (C=O) groups excluding carboxylic acids is 8. The first-order chi connectivity index (χ1) is 65.5. The van der Waals surface area contributed by atoms with Crippen LogP contribution in [0.15, 0.2) is 224 Å². The Bertz CT molecular complexity index is 6280. The number of rotatable bonds is 41. The van der Waals surface area contributed by atoms with Gasteiger partial charge in [0, 0.05) is 83.2 Å². The zero-order valence-electron chi connectivity index (χ0n) is 75.1. The molecule has 0 radical (unpaired) electrons. The van der Waals surface area contributed by atoms with Crippen LogP contribution in [0, 0.1) is 0 Å². The van der Waals surface area contributed by atoms with E-state index in [1.54, 1.807) is 64.1 Å². The van der Waals surface area contributed by atoms with Gasteiger partial charge in [-0.15, -0.1) is 0 Å². The summed E-state index contributed by atoms with van der Waals surface area (Å²) in [7, 11) is 1.43. The molecule has 6 heterocycles. The molecule has 4 N–H and O–H groups in total. The van der Waals surface area contributed by atoms with Crippen molar-refractivity contribution in [3.8, 4) is 33.8 Å². The monoisotopic (exact) mass is 1860 g/mol. The number of benzene rings is 8. The Labute approximate surface area is 776 Å². The fraction of sp³-hybridized carbons (Fsp3) is 0.333. The molecule has 2 fully saturated rings. The second kappa shape index (κ2) is 42.8. The van der Waals surface area contributed by atoms with Crippen LogP contribution in [0.2, 0.25) is 0 Å². The molecule has 0 spiro atoms. The molecule has 8 aromatic carbocycles. The number of fused-ring (bicyclic) bond motifs is 8. The number of ketones is 1. The molecular weight excluding hydrogens is 1750 g/mol. The lowest BCUT2D eigenvalue weighted by Crippen LogP contribution is -2.38. The predicted molar refractivity (Wildman–Crippen MR) is 493 cm³/mol. The smallest absolute Gasteiger partial charge is 0.475 e. The van der Waals surface area contributed by atoms with Crippen molar-refractivity contribution in [1.82, 2.24) is 54.2 Å². The summed E-state index contributed by atoms with van der Waals surface area (Å²) in [5.41, 5.74) is 9.67. The Morgan fingerprint density at radius 1 is 0.541 bits per heavy atom. The second-order valence-electron chi connectivity index (χ2n) is 33.1. The van der Waals surface area contributed by atoms with Crippen LogP contribution in [-0.2, 0) is 87.4 Å². The number of H-pyrrole nitrogens is 1. The number of methoxy groups -OCH3 is 2. The van der Waals surface area contributed by atoms with Gasteiger partial charge in [0.05, 0.1) is 53.1 Å². The van der Waals surface area contributed by atoms with E-state index < -0.39 is 111 Å². The molecule has 7 atom stereocenters. The summed E-state index contributed by atoms with van der Waals surface area (Å²) < 4.78 is 93.5. The van der Waals surface area contributed by atoms with E-state index in [4.69, 9.17) is 61.2 Å². The van der Waals surface area contributed by atoms with E-state index in [-0.39, 0.29) is 155 Å². The highest BCUT2D eigenvalue weighted by molar-refractivity contribution is 7.48. The van der Waals surface area contributed by atoms with Gasteiger partial charge >= 0.3 is 31.9 Å². The number of amides is 5. The minimum Gasteiger partial charge on any atom is -0.497 e. The standard InChI is InChI=1S/C99H102N13O22P/c1-7-49-129-135(122,130-56-82-79(133-88(117)46-33-61(2)113)50-85(132-82)112-60-104-90-93(112)107-96(108-95(90)119)105-83(114)31-19-47-109(3)97(120)126-53-77-73-27-15-11-23-69(73)70-24-12-16-28-74(70)77)134-80-51-86(131-81(80)55-128-99(64-21-9-8-10-22-64,65-38-42-67(123-5)43-39-65)66-40-44-68(124-6)45-41-66)111-59-103-89-91(101-58-102-92(89)111)106-94(118)63-36-34-62(35-37-63)52-100-84(115)57-125-87(116)32-20-48-110(4)98(121)127-54-78-75-29-17-13-25-71(75)72-26-14-18-30-76(72)78/h8-18,21-30,34-45,58-60,77-82,85-86H,7,19-20,31-33,46-57H2,1-6H3,(H,100,115)(H,101,102,106,118)(H2,105,107,108,114,119)/t79?,80?,81-,82-,85-,86-,135?/m1/s1. The molecule has 2 aliphatic carbocycles. The van der Waals surface area contributed by atoms with E-state index in [2.05, 4.69) is 65.1 Å². The fourth-order valence-corrected chi connectivity index (χ4v) is 18.7. The summed E-state index contributed by atoms with van der Waals surface area (Å²) in [5.74, 6) is -2.61. The fourth-order valence-electron chi connectivity index (χ4n) is 17.2. The number of phosphoric acid groups is 1. The van der Waals surface area contributed by atoms with E-state index >= 15 is 4.57 Å². The van der Waals surface area contributed by atoms with Crippen molar-refractivity contribution in [1.29, 1.82) is 0 Å². The lowest BCUT2D eigenvalue weighted by Gasteiger charge is -2.37. The third kappa shape index (κ3) is 21.7. The van der Waals surface area contributed by atoms with Gasteiger partial charge in [-0.05, 0) is 129 Å². The Balaban J connectivity index is 0.586. The van der Waals surface area contributed by atoms with E-state index in [1.807, 2.05) is 152 Å². The lowest BCUT2D eigenvalue weighted by atomic mass is 9.80. The van der Waals surface area contributed by atoms with Gasteiger partial charge in [-0.1, -0.05) is 171 Å². The number of nitrogens with one attached hydrogen (secondary N) is 4. The van der Waals surface area contributed by atoms with Crippen LogP contribution >= 0.6 is 7.82 Å². The number of aromatic nitrogens is 8. The van der Waals surface area contributed by atoms with Gasteiger partial charge in [0.15, 0.2) is 34.8 Å². The molecule has 12 aromatic rings. The first-order valence-corrected chi connectivity index (χ1v) is 46.0. The number of hydrogen-bond acceptors (Lipinski definition) is 27. The minimum absolute atomic E-state index is 0.0301. The van der Waals surface area contributed by atoms with E-state index in [1.165, 1.54) is 40.3 Å². The molecule has 35 nitrogen and oxygen atoms in total. The lowest BCUT2D eigenvalue weighted by molar-refractivity contribution is -0.153. The topological polar surface area (TPSA) is 414 Å². The average molecular weight is 1860 g/mol. The molecule has 16 rings (SSSR count). The van der Waals surface area contributed by atoms with E-state index in [0.717, 1.165) is 44.5 Å². The molecule has 36 heteroatoms. The Morgan fingerprint density at radius 3 is 1.63 bits per heavy atom. The number of nitrogens with zero attached hydrogens (tertiary/aromatic N) is 9. The molecular formula is C99H102N13O22P. The van der Waals surface area contributed by atoms with Crippen LogP contribution in [0.3, 0.4) is 0 Å². The van der Waals surface area contributed by atoms with Crippen LogP contribution in [0.5, 0.6) is 11.5 Å². The summed E-state index contributed by atoms with van der Waals surface area (Å²) in [6.07, 6.45) is -4.10. The van der Waals surface area contributed by atoms with Crippen molar-refractivity contribution < 1.29 is 99.1 Å². The van der Waals surface area contributed by atoms with E-state index in [0.29, 0.717) is 40.2 Å². The largest absolute Gasteiger partial charge is 0.497 e. The van der Waals surface area contributed by atoms with Crippen molar-refractivity contribution >= 4 is 89.5 Å². The first kappa shape index (κ1) is 94.0. The van der Waals surface area contributed by atoms with Gasteiger partial charge in [-0.2, -0.15) is 4.98 Å². The Kier molecular flexibility index (Phi) is 29.8. The summed E-state index contributed by atoms with van der Waals surface area (Å²) in [6, 6.07) is 62.9. The molecule has 3 unspecified atom stereocenters. The maximum Gasteiger partial charge on any atom is 0.475 e. The molecule has 0 bridgehead atoms. The number of esters is 2. The highest BCUT2D eigenvalue weighted by Crippen LogP contribution is 2.55. The summed E-state index contributed by atoms with van der Waals surface area (Å²) >= 11 is 0. The Morgan fingerprint density at radius 2 is 1.07 bits per heavy atom. The molecule has 4 aliphatic rings. The van der Waals surface area contributed by atoms with Crippen molar-refractivity contribution in [2.45, 2.75) is 132 Å². The molecule has 0 saturated carbocycles. The van der Waals surface area contributed by atoms with Crippen molar-refractivity contribution in [2.75, 3.05) is 91.7 Å². The zero-order valence-corrected chi connectivity index (χ0v) is 76.0. The number of imidazole rings is 2. The average Bonchev–Trinajstić information content (AvgIpc) is 1.46. The normalized spacial score (nSPS) is 17.0. The first-order valence-electron chi connectivity index (χ1n) is 44.5. The summed E-state index contributed by atoms with van der Waals surface area (Å²) in [6.45, 7) is 2.20. The predicted octanol–water partition coefficient (Wildman–Crippen LogP) is 14.5. The highest BCUT2D eigenvalue weighted by Gasteiger charge is 2.49. The van der Waals surface area contributed by atoms with Gasteiger partial charge in [-0.25, -0.2) is 34.1 Å². The van der Waals surface area contributed by atoms with Crippen LogP contribution in [0.4, 0.5) is 21.4 Å². The molecule has 135 heavy (non-hydrogen) atoms. The van der Waals surface area contributed by atoms with Crippen LogP contribution in [0.25, 0.3) is 44.6 Å². The number of ether oxygens (including phenoxy) is 9. The maximum absolute atomic E-state index is 15.9. The van der Waals surface area contributed by atoms with Crippen molar-refractivity contribution in [3.63, 3.8) is 0 Å². The van der Waals surface area contributed by atoms with Gasteiger partial charge in [0.25, 0.3) is 17.4 Å². The molecule has 5 amide bonds. The quantitative estimate of drug-likeness (QED) is 0.0120. The molecule has 2 aliphatic heterocycles. The van der Waals surface area contributed by atoms with Gasteiger partial charge in [0.1, 0.15) is 79.3 Å². The zero-order chi connectivity index (χ0) is 94.3. The third-order valence-electron chi connectivity index (χ3n) is 24.1. The van der Waals surface area contributed by atoms with E-state index in [9.17, 15) is 43.2 Å². The van der Waals surface area contributed by atoms with Crippen molar-refractivity contribution in [3.05, 3.63) is 280 Å². The maximum atomic E-state index is 15.9. The number of carbonyl (C=O) groups is 8. The van der Waals surface area contributed by atoms with Crippen LogP contribution < -0.4 is 31.0 Å². The summed E-state index contributed by atoms with van der Waals surface area (Å²) in [4.78, 5) is 148. The number of Topliss-reactive ketones (excluding diaryl/α,β-unsaturated/α-hetero) is 1. The number of phosphoric ester groups is 1. The number of anilines is 2. The second-order valence-corrected chi connectivity index (χ2v) is 34.7. The summed E-state index contributed by atoms with van der Waals surface area (Å²) in [5, 5.41) is 8.22. The van der Waals surface area contributed by atoms with Crippen molar-refractivity contribution in [2.24, 2.45) is 0 Å².